The number of esters is 1. The second kappa shape index (κ2) is 13.0. The number of nitrogens with one attached hydrogen (secondary N) is 1. The standard InChI is InChI=1S/C27H25F3N4O4S2/c1-3-34-21(14-38-19-12-8-11-18(13-19)27(28,29)30)32-33-26(34)40-16-22(35)31-24-23(25(36)37-4-2)20(15-39-24)17-9-6-5-7-10-17/h5-13,15H,3-4,14,16H2,1-2H3,(H,31,35). The van der Waals surface area contributed by atoms with Crippen molar-refractivity contribution >= 4 is 40.0 Å². The van der Waals surface area contributed by atoms with Gasteiger partial charge in [-0.2, -0.15) is 13.2 Å². The molecule has 0 radical (unpaired) electrons. The molecule has 0 aliphatic rings. The first-order valence-electron chi connectivity index (χ1n) is 12.2. The molecule has 13 heteroatoms. The van der Waals surface area contributed by atoms with Crippen LogP contribution in [0.3, 0.4) is 0 Å². The molecule has 0 spiro atoms. The minimum atomic E-state index is -4.48. The molecule has 0 saturated heterocycles. The number of ether oxygens (including phenoxy) is 2. The van der Waals surface area contributed by atoms with Crippen molar-refractivity contribution in [3.05, 3.63) is 76.9 Å². The number of thiophene rings is 1. The van der Waals surface area contributed by atoms with Gasteiger partial charge in [-0.05, 0) is 37.6 Å². The summed E-state index contributed by atoms with van der Waals surface area (Å²) in [5.74, 6) is -0.449. The van der Waals surface area contributed by atoms with Crippen LogP contribution in [0.1, 0.15) is 35.6 Å². The van der Waals surface area contributed by atoms with Gasteiger partial charge in [-0.15, -0.1) is 21.5 Å². The van der Waals surface area contributed by atoms with E-state index in [1.54, 1.807) is 16.9 Å². The van der Waals surface area contributed by atoms with Crippen LogP contribution >= 0.6 is 23.1 Å². The molecule has 0 saturated carbocycles. The molecule has 0 aliphatic heterocycles. The quantitative estimate of drug-likeness (QED) is 0.157. The fourth-order valence-electron chi connectivity index (χ4n) is 3.74. The van der Waals surface area contributed by atoms with Gasteiger partial charge in [0.15, 0.2) is 11.0 Å². The molecule has 4 rings (SSSR count). The third kappa shape index (κ3) is 7.02. The Labute approximate surface area is 236 Å². The number of rotatable bonds is 11. The Morgan fingerprint density at radius 3 is 2.55 bits per heavy atom. The number of anilines is 1. The van der Waals surface area contributed by atoms with Gasteiger partial charge in [-0.25, -0.2) is 4.79 Å². The largest absolute Gasteiger partial charge is 0.486 e. The lowest BCUT2D eigenvalue weighted by Crippen LogP contribution is -2.17. The zero-order valence-corrected chi connectivity index (χ0v) is 23.2. The van der Waals surface area contributed by atoms with Crippen molar-refractivity contribution in [2.45, 2.75) is 38.3 Å². The van der Waals surface area contributed by atoms with Crippen molar-refractivity contribution < 1.29 is 32.2 Å². The molecule has 0 atom stereocenters. The van der Waals surface area contributed by atoms with Crippen molar-refractivity contribution in [1.29, 1.82) is 0 Å². The van der Waals surface area contributed by atoms with Gasteiger partial charge in [0, 0.05) is 17.5 Å². The fraction of sp³-hybridized carbons (Fsp3) is 0.259. The first-order chi connectivity index (χ1) is 19.2. The number of carbonyl (C=O) groups is 2. The topological polar surface area (TPSA) is 95.3 Å². The maximum Gasteiger partial charge on any atom is 0.416 e. The van der Waals surface area contributed by atoms with Crippen LogP contribution in [-0.4, -0.2) is 39.0 Å². The predicted octanol–water partition coefficient (Wildman–Crippen LogP) is 6.53. The van der Waals surface area contributed by atoms with E-state index in [1.165, 1.54) is 23.5 Å². The predicted molar refractivity (Wildman–Crippen MR) is 147 cm³/mol. The number of halogens is 3. The van der Waals surface area contributed by atoms with E-state index in [0.29, 0.717) is 33.7 Å². The Balaban J connectivity index is 1.42. The molecule has 8 nitrogen and oxygen atoms in total. The third-order valence-electron chi connectivity index (χ3n) is 5.58. The number of alkyl halides is 3. The molecule has 210 valence electrons. The smallest absolute Gasteiger partial charge is 0.416 e. The Morgan fingerprint density at radius 1 is 1.07 bits per heavy atom. The highest BCUT2D eigenvalue weighted by atomic mass is 32.2. The first-order valence-corrected chi connectivity index (χ1v) is 14.1. The highest BCUT2D eigenvalue weighted by molar-refractivity contribution is 7.99. The van der Waals surface area contributed by atoms with E-state index < -0.39 is 17.7 Å². The van der Waals surface area contributed by atoms with Crippen molar-refractivity contribution in [2.24, 2.45) is 0 Å². The number of amides is 1. The second-order valence-electron chi connectivity index (χ2n) is 8.23. The Morgan fingerprint density at radius 2 is 1.85 bits per heavy atom. The van der Waals surface area contributed by atoms with Crippen molar-refractivity contribution in [2.75, 3.05) is 17.7 Å². The summed E-state index contributed by atoms with van der Waals surface area (Å²) in [6.07, 6.45) is -4.48. The molecular formula is C27H25F3N4O4S2. The summed E-state index contributed by atoms with van der Waals surface area (Å²) in [6.45, 7) is 4.11. The second-order valence-corrected chi connectivity index (χ2v) is 10.1. The molecule has 4 aromatic rings. The first kappa shape index (κ1) is 29.2. The van der Waals surface area contributed by atoms with E-state index in [9.17, 15) is 22.8 Å². The minimum Gasteiger partial charge on any atom is -0.486 e. The molecular weight excluding hydrogens is 565 g/mol. The highest BCUT2D eigenvalue weighted by Gasteiger charge is 2.30. The minimum absolute atomic E-state index is 0.0204. The summed E-state index contributed by atoms with van der Waals surface area (Å²) in [5, 5.41) is 13.6. The van der Waals surface area contributed by atoms with Crippen LogP contribution in [0, 0.1) is 0 Å². The zero-order valence-electron chi connectivity index (χ0n) is 21.5. The number of thioether (sulfide) groups is 1. The summed E-state index contributed by atoms with van der Waals surface area (Å²) in [4.78, 5) is 25.6. The van der Waals surface area contributed by atoms with Crippen molar-refractivity contribution in [3.63, 3.8) is 0 Å². The van der Waals surface area contributed by atoms with E-state index in [0.717, 1.165) is 29.5 Å². The van der Waals surface area contributed by atoms with E-state index in [1.807, 2.05) is 37.3 Å². The summed E-state index contributed by atoms with van der Waals surface area (Å²) < 4.78 is 51.4. The Hall–Kier alpha value is -3.84. The average Bonchev–Trinajstić information content (AvgIpc) is 3.54. The molecule has 0 fully saturated rings. The van der Waals surface area contributed by atoms with Crippen LogP contribution in [0.15, 0.2) is 65.1 Å². The van der Waals surface area contributed by atoms with Crippen LogP contribution in [0.25, 0.3) is 11.1 Å². The Kier molecular flexibility index (Phi) is 9.48. The lowest BCUT2D eigenvalue weighted by Gasteiger charge is -2.11. The molecule has 2 aromatic carbocycles. The molecule has 2 aromatic heterocycles. The zero-order chi connectivity index (χ0) is 28.7. The van der Waals surface area contributed by atoms with Gasteiger partial charge in [0.2, 0.25) is 5.91 Å². The van der Waals surface area contributed by atoms with Crippen molar-refractivity contribution in [1.82, 2.24) is 14.8 Å². The van der Waals surface area contributed by atoms with Crippen LogP contribution in [0.5, 0.6) is 5.75 Å². The molecule has 0 bridgehead atoms. The number of benzene rings is 2. The molecule has 1 N–H and O–H groups in total. The molecule has 0 aliphatic carbocycles. The van der Waals surface area contributed by atoms with Gasteiger partial charge < -0.3 is 19.4 Å². The SMILES string of the molecule is CCOC(=O)c1c(-c2ccccc2)csc1NC(=O)CSc1nnc(COc2cccc(C(F)(F)F)c2)n1CC. The average molecular weight is 591 g/mol. The van der Waals surface area contributed by atoms with Gasteiger partial charge >= 0.3 is 12.1 Å². The normalized spacial score (nSPS) is 11.3. The van der Waals surface area contributed by atoms with E-state index >= 15 is 0 Å². The molecule has 0 unspecified atom stereocenters. The summed E-state index contributed by atoms with van der Waals surface area (Å²) in [7, 11) is 0. The number of aromatic nitrogens is 3. The number of hydrogen-bond donors (Lipinski definition) is 1. The van der Waals surface area contributed by atoms with Crippen LogP contribution in [0.2, 0.25) is 0 Å². The lowest BCUT2D eigenvalue weighted by molar-refractivity contribution is -0.137. The highest BCUT2D eigenvalue weighted by Crippen LogP contribution is 2.36. The summed E-state index contributed by atoms with van der Waals surface area (Å²) >= 11 is 2.37. The van der Waals surface area contributed by atoms with Gasteiger partial charge in [0.05, 0.1) is 17.9 Å². The maximum absolute atomic E-state index is 13.0. The number of nitrogens with zero attached hydrogens (tertiary/aromatic N) is 3. The summed E-state index contributed by atoms with van der Waals surface area (Å²) in [6, 6.07) is 13.9. The Bertz CT molecular complexity index is 1470. The lowest BCUT2D eigenvalue weighted by atomic mass is 10.0. The van der Waals surface area contributed by atoms with Crippen LogP contribution in [-0.2, 0) is 28.9 Å². The summed E-state index contributed by atoms with van der Waals surface area (Å²) in [5.41, 5.74) is 0.981. The maximum atomic E-state index is 13.0. The van der Waals surface area contributed by atoms with Gasteiger partial charge in [0.1, 0.15) is 22.9 Å². The number of carbonyl (C=O) groups excluding carboxylic acids is 2. The monoisotopic (exact) mass is 590 g/mol. The van der Waals surface area contributed by atoms with Crippen LogP contribution in [0.4, 0.5) is 18.2 Å². The van der Waals surface area contributed by atoms with E-state index in [2.05, 4.69) is 15.5 Å². The number of hydrogen-bond acceptors (Lipinski definition) is 8. The van der Waals surface area contributed by atoms with Crippen LogP contribution < -0.4 is 10.1 Å². The molecule has 1 amide bonds. The van der Waals surface area contributed by atoms with E-state index in [4.69, 9.17) is 9.47 Å². The van der Waals surface area contributed by atoms with Gasteiger partial charge in [-0.1, -0.05) is 48.2 Å². The molecule has 40 heavy (non-hydrogen) atoms. The van der Waals surface area contributed by atoms with Gasteiger partial charge in [0.25, 0.3) is 0 Å². The van der Waals surface area contributed by atoms with Gasteiger partial charge in [-0.3, -0.25) is 4.79 Å². The van der Waals surface area contributed by atoms with Crippen molar-refractivity contribution in [3.8, 4) is 16.9 Å². The molecule has 2 heterocycles. The third-order valence-corrected chi connectivity index (χ3v) is 7.44. The fourth-order valence-corrected chi connectivity index (χ4v) is 5.53. The van der Waals surface area contributed by atoms with E-state index in [-0.39, 0.29) is 30.6 Å².